The summed E-state index contributed by atoms with van der Waals surface area (Å²) in [6, 6.07) is 16.5. The van der Waals surface area contributed by atoms with E-state index in [4.69, 9.17) is 0 Å². The summed E-state index contributed by atoms with van der Waals surface area (Å²) in [5.41, 5.74) is 1.80. The molecule has 2 N–H and O–H groups in total. The van der Waals surface area contributed by atoms with Crippen molar-refractivity contribution >= 4 is 27.6 Å². The Balaban J connectivity index is 2.12. The van der Waals surface area contributed by atoms with Crippen LogP contribution in [0, 0.1) is 0 Å². The Bertz CT molecular complexity index is 849. The minimum absolute atomic E-state index is 0.822. The molecule has 0 aromatic heterocycles. The van der Waals surface area contributed by atoms with Crippen LogP contribution in [0.3, 0.4) is 0 Å². The molecular formula is C18H14O2. The molecule has 2 atom stereocenters. The monoisotopic (exact) mass is 262 g/mol. The highest BCUT2D eigenvalue weighted by atomic mass is 16.3. The average Bonchev–Trinajstić information content (AvgIpc) is 2.48. The van der Waals surface area contributed by atoms with Crippen molar-refractivity contribution in [1.82, 2.24) is 0 Å². The van der Waals surface area contributed by atoms with Gasteiger partial charge in [-0.1, -0.05) is 48.6 Å². The predicted octanol–water partition coefficient (Wildman–Crippen LogP) is 3.41. The summed E-state index contributed by atoms with van der Waals surface area (Å²) in [5.74, 6) is 0. The van der Waals surface area contributed by atoms with Crippen LogP contribution in [0.25, 0.3) is 27.6 Å². The van der Waals surface area contributed by atoms with Gasteiger partial charge in [0.2, 0.25) is 0 Å². The SMILES string of the molecule is O[C@@H]1c2c(ccc3cc4ccccc4cc23)C=C[C@@H]1O. The van der Waals surface area contributed by atoms with Crippen molar-refractivity contribution in [3.63, 3.8) is 0 Å². The normalized spacial score (nSPS) is 21.3. The summed E-state index contributed by atoms with van der Waals surface area (Å²) < 4.78 is 0. The molecule has 0 aliphatic heterocycles. The molecule has 0 saturated heterocycles. The summed E-state index contributed by atoms with van der Waals surface area (Å²) in [7, 11) is 0. The molecule has 0 unspecified atom stereocenters. The summed E-state index contributed by atoms with van der Waals surface area (Å²) in [6.45, 7) is 0. The van der Waals surface area contributed by atoms with E-state index in [1.54, 1.807) is 6.08 Å². The van der Waals surface area contributed by atoms with E-state index in [-0.39, 0.29) is 0 Å². The van der Waals surface area contributed by atoms with Gasteiger partial charge in [0.15, 0.2) is 0 Å². The van der Waals surface area contributed by atoms with Gasteiger partial charge in [0.25, 0.3) is 0 Å². The summed E-state index contributed by atoms with van der Waals surface area (Å²) in [6.07, 6.45) is 1.82. The van der Waals surface area contributed by atoms with Crippen LogP contribution in [0.15, 0.2) is 54.6 Å². The lowest BCUT2D eigenvalue weighted by Gasteiger charge is -2.23. The first-order chi connectivity index (χ1) is 9.74. The fourth-order valence-electron chi connectivity index (χ4n) is 3.01. The molecule has 0 saturated carbocycles. The zero-order valence-electron chi connectivity index (χ0n) is 10.8. The second-order valence-corrected chi connectivity index (χ2v) is 5.28. The Morgan fingerprint density at radius 1 is 0.800 bits per heavy atom. The lowest BCUT2D eigenvalue weighted by atomic mass is 9.87. The maximum atomic E-state index is 10.3. The number of hydrogen-bond acceptors (Lipinski definition) is 2. The number of rotatable bonds is 0. The van der Waals surface area contributed by atoms with Crippen LogP contribution < -0.4 is 0 Å². The van der Waals surface area contributed by atoms with Crippen molar-refractivity contribution in [2.45, 2.75) is 12.2 Å². The first-order valence-corrected chi connectivity index (χ1v) is 6.74. The maximum absolute atomic E-state index is 10.3. The average molecular weight is 262 g/mol. The summed E-state index contributed by atoms with van der Waals surface area (Å²) in [4.78, 5) is 0. The third-order valence-corrected chi connectivity index (χ3v) is 4.05. The van der Waals surface area contributed by atoms with E-state index in [9.17, 15) is 10.2 Å². The lowest BCUT2D eigenvalue weighted by molar-refractivity contribution is 0.0480. The number of hydrogen-bond donors (Lipinski definition) is 2. The Labute approximate surface area is 116 Å². The molecule has 3 aromatic rings. The minimum Gasteiger partial charge on any atom is -0.386 e. The first-order valence-electron chi connectivity index (χ1n) is 6.74. The fraction of sp³-hybridized carbons (Fsp3) is 0.111. The zero-order valence-corrected chi connectivity index (χ0v) is 10.8. The topological polar surface area (TPSA) is 40.5 Å². The summed E-state index contributed by atoms with van der Waals surface area (Å²) >= 11 is 0. The van der Waals surface area contributed by atoms with Gasteiger partial charge in [-0.05, 0) is 44.8 Å². The van der Waals surface area contributed by atoms with Gasteiger partial charge < -0.3 is 10.2 Å². The van der Waals surface area contributed by atoms with Crippen LogP contribution >= 0.6 is 0 Å². The third kappa shape index (κ3) is 1.59. The molecule has 1 aliphatic carbocycles. The molecule has 0 amide bonds. The van der Waals surface area contributed by atoms with Crippen molar-refractivity contribution in [3.8, 4) is 0 Å². The highest BCUT2D eigenvalue weighted by Gasteiger charge is 2.24. The molecule has 2 nitrogen and oxygen atoms in total. The number of aliphatic hydroxyl groups is 2. The van der Waals surface area contributed by atoms with Gasteiger partial charge in [0.1, 0.15) is 12.2 Å². The first kappa shape index (κ1) is 11.6. The van der Waals surface area contributed by atoms with Gasteiger partial charge in [0, 0.05) is 0 Å². The van der Waals surface area contributed by atoms with E-state index in [0.29, 0.717) is 0 Å². The van der Waals surface area contributed by atoms with E-state index in [0.717, 1.165) is 27.3 Å². The highest BCUT2D eigenvalue weighted by molar-refractivity contribution is 6.01. The molecule has 0 heterocycles. The molecule has 20 heavy (non-hydrogen) atoms. The van der Waals surface area contributed by atoms with Crippen molar-refractivity contribution in [2.24, 2.45) is 0 Å². The van der Waals surface area contributed by atoms with E-state index < -0.39 is 12.2 Å². The molecule has 4 rings (SSSR count). The van der Waals surface area contributed by atoms with Crippen LogP contribution in [-0.4, -0.2) is 16.3 Å². The van der Waals surface area contributed by atoms with E-state index in [1.165, 1.54) is 5.39 Å². The van der Waals surface area contributed by atoms with Crippen molar-refractivity contribution < 1.29 is 10.2 Å². The van der Waals surface area contributed by atoms with Crippen LogP contribution in [0.1, 0.15) is 17.2 Å². The lowest BCUT2D eigenvalue weighted by Crippen LogP contribution is -2.19. The van der Waals surface area contributed by atoms with Crippen LogP contribution in [0.5, 0.6) is 0 Å². The largest absolute Gasteiger partial charge is 0.386 e. The van der Waals surface area contributed by atoms with E-state index >= 15 is 0 Å². The van der Waals surface area contributed by atoms with Gasteiger partial charge in [-0.3, -0.25) is 0 Å². The molecule has 1 aliphatic rings. The standard InChI is InChI=1S/C18H14O2/c19-16-8-7-11-5-6-14-9-12-3-1-2-4-13(12)10-15(14)17(11)18(16)20/h1-10,16,18-20H/t16-,18-/m0/s1. The molecule has 3 aromatic carbocycles. The van der Waals surface area contributed by atoms with Crippen molar-refractivity contribution in [2.75, 3.05) is 0 Å². The van der Waals surface area contributed by atoms with Crippen molar-refractivity contribution in [3.05, 3.63) is 65.7 Å². The molecule has 98 valence electrons. The quantitative estimate of drug-likeness (QED) is 0.609. The smallest absolute Gasteiger partial charge is 0.110 e. The minimum atomic E-state index is -0.861. The Hall–Kier alpha value is -2.16. The van der Waals surface area contributed by atoms with Gasteiger partial charge in [-0.25, -0.2) is 0 Å². The maximum Gasteiger partial charge on any atom is 0.110 e. The van der Waals surface area contributed by atoms with E-state index in [2.05, 4.69) is 30.3 Å². The summed E-state index contributed by atoms with van der Waals surface area (Å²) in [5, 5.41) is 24.6. The molecule has 0 spiro atoms. The molecule has 0 bridgehead atoms. The van der Waals surface area contributed by atoms with Crippen LogP contribution in [-0.2, 0) is 0 Å². The Morgan fingerprint density at radius 2 is 1.55 bits per heavy atom. The number of aliphatic hydroxyl groups excluding tert-OH is 2. The van der Waals surface area contributed by atoms with Crippen molar-refractivity contribution in [1.29, 1.82) is 0 Å². The number of benzene rings is 3. The molecule has 0 fully saturated rings. The van der Waals surface area contributed by atoms with Gasteiger partial charge in [-0.15, -0.1) is 0 Å². The molecule has 0 radical (unpaired) electrons. The fourth-order valence-corrected chi connectivity index (χ4v) is 3.01. The van der Waals surface area contributed by atoms with Gasteiger partial charge in [-0.2, -0.15) is 0 Å². The molecular weight excluding hydrogens is 248 g/mol. The predicted molar refractivity (Wildman–Crippen MR) is 81.5 cm³/mol. The van der Waals surface area contributed by atoms with Gasteiger partial charge >= 0.3 is 0 Å². The Kier molecular flexibility index (Phi) is 2.43. The second kappa shape index (κ2) is 4.17. The number of fused-ring (bicyclic) bond motifs is 4. The van der Waals surface area contributed by atoms with Crippen LogP contribution in [0.2, 0.25) is 0 Å². The van der Waals surface area contributed by atoms with Crippen LogP contribution in [0.4, 0.5) is 0 Å². The van der Waals surface area contributed by atoms with E-state index in [1.807, 2.05) is 24.3 Å². The second-order valence-electron chi connectivity index (χ2n) is 5.28. The molecule has 2 heteroatoms. The third-order valence-electron chi connectivity index (χ3n) is 4.05. The zero-order chi connectivity index (χ0) is 13.7. The highest BCUT2D eigenvalue weighted by Crippen LogP contribution is 2.36. The van der Waals surface area contributed by atoms with Gasteiger partial charge in [0.05, 0.1) is 0 Å². The Morgan fingerprint density at radius 3 is 2.35 bits per heavy atom.